The summed E-state index contributed by atoms with van der Waals surface area (Å²) >= 11 is 0. The Balaban J connectivity index is 2.22. The van der Waals surface area contributed by atoms with Crippen LogP contribution in [0.3, 0.4) is 0 Å². The molecule has 0 saturated carbocycles. The van der Waals surface area contributed by atoms with Crippen molar-refractivity contribution in [1.82, 2.24) is 4.57 Å². The second-order valence-corrected chi connectivity index (χ2v) is 5.81. The number of rotatable bonds is 5. The molecule has 138 valence electrons. The van der Waals surface area contributed by atoms with Crippen molar-refractivity contribution < 1.29 is 18.8 Å². The number of esters is 1. The molecule has 1 aromatic heterocycles. The van der Waals surface area contributed by atoms with Gasteiger partial charge in [0.2, 0.25) is 5.43 Å². The number of halogens is 1. The van der Waals surface area contributed by atoms with Gasteiger partial charge in [-0.25, -0.2) is 9.18 Å². The lowest BCUT2D eigenvalue weighted by Crippen LogP contribution is -2.21. The molecule has 0 bridgehead atoms. The predicted octanol–water partition coefficient (Wildman–Crippen LogP) is 3.27. The molecule has 3 rings (SSSR count). The summed E-state index contributed by atoms with van der Waals surface area (Å²) in [6.07, 6.45) is 1.36. The first kappa shape index (κ1) is 18.2. The molecule has 2 aromatic carbocycles. The lowest BCUT2D eigenvalue weighted by molar-refractivity contribution is -0.384. The van der Waals surface area contributed by atoms with Crippen LogP contribution in [0.15, 0.2) is 53.5 Å². The van der Waals surface area contributed by atoms with Crippen LogP contribution in [0.5, 0.6) is 0 Å². The highest BCUT2D eigenvalue weighted by Gasteiger charge is 2.19. The Bertz CT molecular complexity index is 1090. The summed E-state index contributed by atoms with van der Waals surface area (Å²) in [5.41, 5.74) is 0.0425. The van der Waals surface area contributed by atoms with Crippen molar-refractivity contribution in [1.29, 1.82) is 0 Å². The summed E-state index contributed by atoms with van der Waals surface area (Å²) in [6, 6.07) is 9.64. The summed E-state index contributed by atoms with van der Waals surface area (Å²) in [6.45, 7) is 1.94. The number of ether oxygens (including phenoxy) is 1. The van der Waals surface area contributed by atoms with Gasteiger partial charge >= 0.3 is 5.97 Å². The monoisotopic (exact) mass is 370 g/mol. The molecular formula is C19H15FN2O5. The van der Waals surface area contributed by atoms with Crippen LogP contribution < -0.4 is 5.43 Å². The lowest BCUT2D eigenvalue weighted by Gasteiger charge is -2.13. The van der Waals surface area contributed by atoms with Gasteiger partial charge in [0.25, 0.3) is 5.69 Å². The molecule has 0 radical (unpaired) electrons. The molecule has 0 aliphatic rings. The topological polar surface area (TPSA) is 91.4 Å². The normalized spacial score (nSPS) is 10.7. The first-order valence-electron chi connectivity index (χ1n) is 8.14. The molecule has 0 aliphatic carbocycles. The number of hydrogen-bond acceptors (Lipinski definition) is 5. The van der Waals surface area contributed by atoms with Gasteiger partial charge in [0.1, 0.15) is 11.4 Å². The van der Waals surface area contributed by atoms with E-state index in [0.717, 1.165) is 11.6 Å². The van der Waals surface area contributed by atoms with Crippen molar-refractivity contribution in [2.24, 2.45) is 0 Å². The zero-order valence-electron chi connectivity index (χ0n) is 14.3. The van der Waals surface area contributed by atoms with Crippen LogP contribution in [-0.2, 0) is 11.3 Å². The second kappa shape index (κ2) is 7.36. The van der Waals surface area contributed by atoms with Crippen LogP contribution in [0.25, 0.3) is 10.9 Å². The summed E-state index contributed by atoms with van der Waals surface area (Å²) in [4.78, 5) is 35.3. The minimum absolute atomic E-state index is 0.0388. The highest BCUT2D eigenvalue weighted by Crippen LogP contribution is 2.20. The van der Waals surface area contributed by atoms with Crippen molar-refractivity contribution in [3.05, 3.63) is 85.9 Å². The van der Waals surface area contributed by atoms with Crippen molar-refractivity contribution in [2.75, 3.05) is 6.61 Å². The van der Waals surface area contributed by atoms with Gasteiger partial charge in [-0.1, -0.05) is 12.1 Å². The molecule has 0 aliphatic heterocycles. The van der Waals surface area contributed by atoms with Gasteiger partial charge < -0.3 is 9.30 Å². The van der Waals surface area contributed by atoms with Gasteiger partial charge in [-0.15, -0.1) is 0 Å². The Kier molecular flexibility index (Phi) is 4.98. The molecular weight excluding hydrogens is 355 g/mol. The van der Waals surface area contributed by atoms with Crippen LogP contribution in [0.1, 0.15) is 22.8 Å². The number of carbonyl (C=O) groups excluding carboxylic acids is 1. The number of fused-ring (bicyclic) bond motifs is 1. The molecule has 0 N–H and O–H groups in total. The molecule has 1 heterocycles. The number of aromatic nitrogens is 1. The Hall–Kier alpha value is -3.55. The Morgan fingerprint density at radius 3 is 2.56 bits per heavy atom. The number of hydrogen-bond donors (Lipinski definition) is 0. The van der Waals surface area contributed by atoms with Crippen LogP contribution in [0.2, 0.25) is 0 Å². The molecule has 27 heavy (non-hydrogen) atoms. The van der Waals surface area contributed by atoms with E-state index in [0.29, 0.717) is 5.52 Å². The van der Waals surface area contributed by atoms with Crippen molar-refractivity contribution >= 4 is 22.6 Å². The fourth-order valence-electron chi connectivity index (χ4n) is 2.77. The Morgan fingerprint density at radius 2 is 1.93 bits per heavy atom. The molecule has 8 heteroatoms. The van der Waals surface area contributed by atoms with Gasteiger partial charge in [-0.3, -0.25) is 14.9 Å². The van der Waals surface area contributed by atoms with Crippen LogP contribution >= 0.6 is 0 Å². The highest BCUT2D eigenvalue weighted by atomic mass is 19.1. The Labute approximate surface area is 152 Å². The molecule has 0 amide bonds. The first-order chi connectivity index (χ1) is 12.9. The fourth-order valence-corrected chi connectivity index (χ4v) is 2.77. The SMILES string of the molecule is CCOC(=O)c1cn(Cc2ccc(F)cc2)c2ccc([N+](=O)[O-])cc2c1=O. The van der Waals surface area contributed by atoms with Gasteiger partial charge in [0.05, 0.1) is 22.4 Å². The molecule has 3 aromatic rings. The van der Waals surface area contributed by atoms with Crippen molar-refractivity contribution in [3.63, 3.8) is 0 Å². The maximum Gasteiger partial charge on any atom is 0.343 e. The third-order valence-electron chi connectivity index (χ3n) is 4.04. The van der Waals surface area contributed by atoms with Crippen LogP contribution in [-0.4, -0.2) is 22.1 Å². The third-order valence-corrected chi connectivity index (χ3v) is 4.04. The first-order valence-corrected chi connectivity index (χ1v) is 8.14. The average Bonchev–Trinajstić information content (AvgIpc) is 2.65. The number of non-ortho nitro benzene ring substituents is 1. The number of benzene rings is 2. The zero-order chi connectivity index (χ0) is 19.6. The van der Waals surface area contributed by atoms with E-state index in [1.54, 1.807) is 23.6 Å². The van der Waals surface area contributed by atoms with E-state index < -0.39 is 16.3 Å². The van der Waals surface area contributed by atoms with E-state index in [1.165, 1.54) is 30.5 Å². The zero-order valence-corrected chi connectivity index (χ0v) is 14.3. The average molecular weight is 370 g/mol. The summed E-state index contributed by atoms with van der Waals surface area (Å²) in [7, 11) is 0. The molecule has 0 unspecified atom stereocenters. The van der Waals surface area contributed by atoms with E-state index in [4.69, 9.17) is 4.74 Å². The molecule has 0 spiro atoms. The van der Waals surface area contributed by atoms with Gasteiger partial charge in [-0.2, -0.15) is 0 Å². The predicted molar refractivity (Wildman–Crippen MR) is 96.3 cm³/mol. The summed E-state index contributed by atoms with van der Waals surface area (Å²) < 4.78 is 19.7. The van der Waals surface area contributed by atoms with Crippen molar-refractivity contribution in [3.8, 4) is 0 Å². The molecule has 0 saturated heterocycles. The minimum atomic E-state index is -0.802. The largest absolute Gasteiger partial charge is 0.462 e. The van der Waals surface area contributed by atoms with E-state index in [2.05, 4.69) is 0 Å². The van der Waals surface area contributed by atoms with E-state index in [9.17, 15) is 24.1 Å². The number of carbonyl (C=O) groups is 1. The van der Waals surface area contributed by atoms with Crippen LogP contribution in [0.4, 0.5) is 10.1 Å². The van der Waals surface area contributed by atoms with Gasteiger partial charge in [0, 0.05) is 24.9 Å². The quantitative estimate of drug-likeness (QED) is 0.390. The smallest absolute Gasteiger partial charge is 0.343 e. The number of nitrogens with zero attached hydrogens (tertiary/aromatic N) is 2. The van der Waals surface area contributed by atoms with E-state index in [1.807, 2.05) is 0 Å². The highest BCUT2D eigenvalue weighted by molar-refractivity contribution is 5.94. The lowest BCUT2D eigenvalue weighted by atomic mass is 10.1. The molecule has 7 nitrogen and oxygen atoms in total. The maximum absolute atomic E-state index is 13.1. The molecule has 0 atom stereocenters. The number of nitro benzene ring substituents is 1. The maximum atomic E-state index is 13.1. The standard InChI is InChI=1S/C19H15FN2O5/c1-2-27-19(24)16-11-21(10-12-3-5-13(20)6-4-12)17-8-7-14(22(25)26)9-15(17)18(16)23/h3-9,11H,2,10H2,1H3. The fraction of sp³-hybridized carbons (Fsp3) is 0.158. The Morgan fingerprint density at radius 1 is 1.22 bits per heavy atom. The summed E-state index contributed by atoms with van der Waals surface area (Å²) in [5.74, 6) is -1.19. The number of pyridine rings is 1. The minimum Gasteiger partial charge on any atom is -0.462 e. The molecule has 0 fully saturated rings. The second-order valence-electron chi connectivity index (χ2n) is 5.81. The van der Waals surface area contributed by atoms with E-state index >= 15 is 0 Å². The van der Waals surface area contributed by atoms with E-state index in [-0.39, 0.29) is 35.6 Å². The van der Waals surface area contributed by atoms with Gasteiger partial charge in [-0.05, 0) is 30.7 Å². The van der Waals surface area contributed by atoms with Crippen molar-refractivity contribution in [2.45, 2.75) is 13.5 Å². The summed E-state index contributed by atoms with van der Waals surface area (Å²) in [5, 5.41) is 11.1. The number of nitro groups is 1. The third kappa shape index (κ3) is 3.69. The van der Waals surface area contributed by atoms with Gasteiger partial charge in [0.15, 0.2) is 0 Å². The van der Waals surface area contributed by atoms with Crippen LogP contribution in [0, 0.1) is 15.9 Å².